The van der Waals surface area contributed by atoms with Crippen molar-refractivity contribution in [2.24, 2.45) is 0 Å². The highest BCUT2D eigenvalue weighted by atomic mass is 79.9. The van der Waals surface area contributed by atoms with Crippen molar-refractivity contribution in [1.82, 2.24) is 0 Å². The lowest BCUT2D eigenvalue weighted by atomic mass is 10.1. The lowest BCUT2D eigenvalue weighted by Gasteiger charge is -2.08. The number of carbonyl (C=O) groups excluding carboxylic acids is 1. The molecule has 0 aromatic heterocycles. The number of amides is 1. The summed E-state index contributed by atoms with van der Waals surface area (Å²) >= 11 is 12.5. The van der Waals surface area contributed by atoms with Crippen LogP contribution in [0.15, 0.2) is 45.3 Å². The predicted octanol–water partition coefficient (Wildman–Crippen LogP) is 4.99. The molecule has 0 aliphatic carbocycles. The van der Waals surface area contributed by atoms with Crippen molar-refractivity contribution in [3.8, 4) is 6.07 Å². The molecule has 6 heteroatoms. The molecular weight excluding hydrogens is 407 g/mol. The number of carbonyl (C=O) groups is 1. The summed E-state index contributed by atoms with van der Waals surface area (Å²) in [6.45, 7) is 0. The van der Waals surface area contributed by atoms with Gasteiger partial charge in [-0.05, 0) is 36.4 Å². The molecule has 0 saturated carbocycles. The summed E-state index contributed by atoms with van der Waals surface area (Å²) in [5, 5.41) is 12.2. The fourth-order valence-corrected chi connectivity index (χ4v) is 2.82. The Morgan fingerprint density at radius 3 is 2.55 bits per heavy atom. The number of nitrogens with zero attached hydrogens (tertiary/aromatic N) is 1. The van der Waals surface area contributed by atoms with Crippen LogP contribution in [0.5, 0.6) is 0 Å². The summed E-state index contributed by atoms with van der Waals surface area (Å²) in [5.41, 5.74) is 1.25. The molecule has 0 fully saturated rings. The molecule has 20 heavy (non-hydrogen) atoms. The van der Waals surface area contributed by atoms with E-state index in [-0.39, 0.29) is 5.91 Å². The Morgan fingerprint density at radius 1 is 1.15 bits per heavy atom. The van der Waals surface area contributed by atoms with E-state index in [0.29, 0.717) is 26.3 Å². The number of hydrogen-bond donors (Lipinski definition) is 1. The van der Waals surface area contributed by atoms with Crippen LogP contribution in [-0.4, -0.2) is 5.91 Å². The average Bonchev–Trinajstić information content (AvgIpc) is 2.39. The molecule has 0 unspecified atom stereocenters. The average molecular weight is 414 g/mol. The fourth-order valence-electron chi connectivity index (χ4n) is 1.60. The van der Waals surface area contributed by atoms with Crippen LogP contribution in [0.25, 0.3) is 0 Å². The summed E-state index contributed by atoms with van der Waals surface area (Å²) in [5.74, 6) is -0.327. The van der Waals surface area contributed by atoms with Gasteiger partial charge in [0.1, 0.15) is 6.07 Å². The Hall–Kier alpha value is -1.35. The second-order valence-electron chi connectivity index (χ2n) is 3.91. The van der Waals surface area contributed by atoms with Gasteiger partial charge in [0.05, 0.1) is 11.3 Å². The first-order valence-corrected chi connectivity index (χ1v) is 7.43. The van der Waals surface area contributed by atoms with Crippen LogP contribution in [0.3, 0.4) is 0 Å². The number of nitrogens with one attached hydrogen (secondary N) is 1. The molecule has 2 rings (SSSR count). The number of benzene rings is 2. The molecule has 100 valence electrons. The monoisotopic (exact) mass is 412 g/mol. The van der Waals surface area contributed by atoms with Crippen LogP contribution in [-0.2, 0) is 0 Å². The Morgan fingerprint density at radius 2 is 1.90 bits per heavy atom. The largest absolute Gasteiger partial charge is 0.321 e. The minimum Gasteiger partial charge on any atom is -0.321 e. The van der Waals surface area contributed by atoms with E-state index in [1.807, 2.05) is 6.07 Å². The van der Waals surface area contributed by atoms with Crippen LogP contribution in [0.2, 0.25) is 5.02 Å². The van der Waals surface area contributed by atoms with E-state index in [2.05, 4.69) is 37.2 Å². The molecule has 0 bridgehead atoms. The standard InChI is InChI=1S/C14H7Br2ClN2O/c15-10-1-2-13(9(4-10)7-18)19-14(20)8-3-11(16)6-12(17)5-8/h1-6H,(H,19,20). The topological polar surface area (TPSA) is 52.9 Å². The maximum absolute atomic E-state index is 12.2. The number of anilines is 1. The van der Waals surface area contributed by atoms with E-state index in [1.54, 1.807) is 36.4 Å². The minimum atomic E-state index is -0.327. The van der Waals surface area contributed by atoms with Gasteiger partial charge in [-0.1, -0.05) is 43.5 Å². The number of nitriles is 1. The molecular formula is C14H7Br2ClN2O. The zero-order valence-electron chi connectivity index (χ0n) is 9.95. The van der Waals surface area contributed by atoms with Crippen LogP contribution < -0.4 is 5.32 Å². The maximum atomic E-state index is 12.2. The highest BCUT2D eigenvalue weighted by Crippen LogP contribution is 2.23. The normalized spacial score (nSPS) is 9.90. The zero-order chi connectivity index (χ0) is 14.7. The van der Waals surface area contributed by atoms with E-state index < -0.39 is 0 Å². The van der Waals surface area contributed by atoms with Crippen LogP contribution in [0, 0.1) is 11.3 Å². The van der Waals surface area contributed by atoms with Gasteiger partial charge in [0.25, 0.3) is 5.91 Å². The lowest BCUT2D eigenvalue weighted by molar-refractivity contribution is 0.102. The van der Waals surface area contributed by atoms with Gasteiger partial charge < -0.3 is 5.32 Å². The summed E-state index contributed by atoms with van der Waals surface area (Å²) in [7, 11) is 0. The van der Waals surface area contributed by atoms with Gasteiger partial charge in [-0.2, -0.15) is 5.26 Å². The van der Waals surface area contributed by atoms with E-state index in [4.69, 9.17) is 16.9 Å². The van der Waals surface area contributed by atoms with Gasteiger partial charge >= 0.3 is 0 Å². The third-order valence-electron chi connectivity index (χ3n) is 2.48. The Balaban J connectivity index is 2.30. The van der Waals surface area contributed by atoms with E-state index in [1.165, 1.54) is 0 Å². The second-order valence-corrected chi connectivity index (χ2v) is 6.18. The Bertz CT molecular complexity index is 705. The summed E-state index contributed by atoms with van der Waals surface area (Å²) in [6, 6.07) is 12.0. The molecule has 1 N–H and O–H groups in total. The molecule has 3 nitrogen and oxygen atoms in total. The van der Waals surface area contributed by atoms with Gasteiger partial charge in [0.15, 0.2) is 0 Å². The molecule has 1 amide bonds. The summed E-state index contributed by atoms with van der Waals surface area (Å²) in [4.78, 5) is 12.2. The smallest absolute Gasteiger partial charge is 0.255 e. The van der Waals surface area contributed by atoms with Crippen molar-refractivity contribution >= 4 is 55.1 Å². The molecule has 0 aliphatic rings. The van der Waals surface area contributed by atoms with Gasteiger partial charge in [-0.15, -0.1) is 0 Å². The predicted molar refractivity (Wildman–Crippen MR) is 86.0 cm³/mol. The fraction of sp³-hybridized carbons (Fsp3) is 0. The molecule has 2 aromatic rings. The van der Waals surface area contributed by atoms with Crippen molar-refractivity contribution < 1.29 is 4.79 Å². The SMILES string of the molecule is N#Cc1cc(Br)ccc1NC(=O)c1cc(Cl)cc(Br)c1. The van der Waals surface area contributed by atoms with Gasteiger partial charge in [0.2, 0.25) is 0 Å². The molecule has 0 radical (unpaired) electrons. The quantitative estimate of drug-likeness (QED) is 0.753. The highest BCUT2D eigenvalue weighted by Gasteiger charge is 2.11. The van der Waals surface area contributed by atoms with Crippen molar-refractivity contribution in [2.75, 3.05) is 5.32 Å². The third kappa shape index (κ3) is 3.60. The lowest BCUT2D eigenvalue weighted by Crippen LogP contribution is -2.12. The Labute approximate surface area is 137 Å². The van der Waals surface area contributed by atoms with Crippen LogP contribution in [0.4, 0.5) is 5.69 Å². The maximum Gasteiger partial charge on any atom is 0.255 e. The number of rotatable bonds is 2. The van der Waals surface area contributed by atoms with Gasteiger partial charge in [0, 0.05) is 19.5 Å². The molecule has 0 atom stereocenters. The molecule has 2 aromatic carbocycles. The zero-order valence-corrected chi connectivity index (χ0v) is 13.9. The molecule has 0 saturated heterocycles. The second kappa shape index (κ2) is 6.40. The molecule has 0 aliphatic heterocycles. The van der Waals surface area contributed by atoms with E-state index in [9.17, 15) is 4.79 Å². The third-order valence-corrected chi connectivity index (χ3v) is 3.64. The highest BCUT2D eigenvalue weighted by molar-refractivity contribution is 9.10. The van der Waals surface area contributed by atoms with Crippen molar-refractivity contribution in [1.29, 1.82) is 5.26 Å². The van der Waals surface area contributed by atoms with E-state index in [0.717, 1.165) is 4.47 Å². The van der Waals surface area contributed by atoms with E-state index >= 15 is 0 Å². The first-order chi connectivity index (χ1) is 9.49. The number of halogens is 3. The minimum absolute atomic E-state index is 0.327. The van der Waals surface area contributed by atoms with Gasteiger partial charge in [-0.25, -0.2) is 0 Å². The van der Waals surface area contributed by atoms with Crippen molar-refractivity contribution in [3.05, 3.63) is 61.5 Å². The van der Waals surface area contributed by atoms with Crippen molar-refractivity contribution in [2.45, 2.75) is 0 Å². The Kier molecular flexibility index (Phi) is 4.81. The van der Waals surface area contributed by atoms with Crippen LogP contribution in [0.1, 0.15) is 15.9 Å². The molecule has 0 spiro atoms. The first kappa shape index (κ1) is 15.0. The first-order valence-electron chi connectivity index (χ1n) is 5.46. The van der Waals surface area contributed by atoms with Crippen LogP contribution >= 0.6 is 43.5 Å². The molecule has 0 heterocycles. The van der Waals surface area contributed by atoms with Crippen molar-refractivity contribution in [3.63, 3.8) is 0 Å². The number of hydrogen-bond acceptors (Lipinski definition) is 2. The van der Waals surface area contributed by atoms with Gasteiger partial charge in [-0.3, -0.25) is 4.79 Å². The summed E-state index contributed by atoms with van der Waals surface area (Å²) < 4.78 is 1.49. The summed E-state index contributed by atoms with van der Waals surface area (Å²) in [6.07, 6.45) is 0.